The fourth-order valence-electron chi connectivity index (χ4n) is 3.28. The highest BCUT2D eigenvalue weighted by Gasteiger charge is 2.26. The molecule has 1 aliphatic heterocycles. The molecule has 3 rings (SSSR count). The molecule has 0 saturated carbocycles. The van der Waals surface area contributed by atoms with E-state index in [-0.39, 0.29) is 11.8 Å². The summed E-state index contributed by atoms with van der Waals surface area (Å²) in [7, 11) is 1.54. The number of carbonyl (C=O) groups is 2. The maximum absolute atomic E-state index is 13.1. The van der Waals surface area contributed by atoms with Crippen molar-refractivity contribution in [3.63, 3.8) is 0 Å². The van der Waals surface area contributed by atoms with Crippen molar-refractivity contribution < 1.29 is 14.3 Å². The molecule has 146 valence electrons. The van der Waals surface area contributed by atoms with E-state index in [2.05, 4.69) is 0 Å². The molecule has 1 aliphatic rings. The number of amides is 2. The highest BCUT2D eigenvalue weighted by molar-refractivity contribution is 6.33. The van der Waals surface area contributed by atoms with Crippen LogP contribution >= 0.6 is 11.6 Å². The number of carbonyl (C=O) groups excluding carboxylic acids is 2. The second kappa shape index (κ2) is 8.93. The minimum Gasteiger partial charge on any atom is -0.496 e. The lowest BCUT2D eigenvalue weighted by Crippen LogP contribution is -2.50. The van der Waals surface area contributed by atoms with Crippen LogP contribution in [0, 0.1) is 0 Å². The second-order valence-corrected chi connectivity index (χ2v) is 6.92. The van der Waals surface area contributed by atoms with Crippen molar-refractivity contribution in [3.8, 4) is 16.9 Å². The molecule has 2 aromatic carbocycles. The largest absolute Gasteiger partial charge is 0.496 e. The molecule has 2 amide bonds. The van der Waals surface area contributed by atoms with Crippen molar-refractivity contribution in [1.82, 2.24) is 9.80 Å². The van der Waals surface area contributed by atoms with Crippen LogP contribution in [0.1, 0.15) is 17.3 Å². The molecular weight excluding hydrogens is 376 g/mol. The van der Waals surface area contributed by atoms with Gasteiger partial charge in [-0.05, 0) is 30.7 Å². The fraction of sp³-hybridized carbons (Fsp3) is 0.273. The molecule has 0 aromatic heterocycles. The van der Waals surface area contributed by atoms with Crippen LogP contribution in [-0.4, -0.2) is 54.9 Å². The predicted molar refractivity (Wildman–Crippen MR) is 111 cm³/mol. The van der Waals surface area contributed by atoms with E-state index in [9.17, 15) is 9.59 Å². The van der Waals surface area contributed by atoms with E-state index in [4.69, 9.17) is 16.3 Å². The number of hydrogen-bond donors (Lipinski definition) is 0. The first kappa shape index (κ1) is 20.0. The molecule has 1 fully saturated rings. The van der Waals surface area contributed by atoms with Crippen LogP contribution < -0.4 is 4.74 Å². The van der Waals surface area contributed by atoms with Crippen LogP contribution in [-0.2, 0) is 4.79 Å². The van der Waals surface area contributed by atoms with Gasteiger partial charge in [0.05, 0.1) is 12.7 Å². The van der Waals surface area contributed by atoms with Gasteiger partial charge in [-0.1, -0.05) is 48.0 Å². The molecule has 1 heterocycles. The van der Waals surface area contributed by atoms with Crippen LogP contribution in [0.15, 0.2) is 54.6 Å². The highest BCUT2D eigenvalue weighted by Crippen LogP contribution is 2.35. The SMILES string of the molecule is C/C=C/C(=O)N1CCN(C(=O)c2cc(Cl)c(-c3ccccc3)cc2OC)CC1. The van der Waals surface area contributed by atoms with Crippen LogP contribution in [0.3, 0.4) is 0 Å². The molecule has 0 spiro atoms. The lowest BCUT2D eigenvalue weighted by Gasteiger charge is -2.34. The summed E-state index contributed by atoms with van der Waals surface area (Å²) in [5.41, 5.74) is 2.21. The Morgan fingerprint density at radius 2 is 1.68 bits per heavy atom. The predicted octanol–water partition coefficient (Wildman–Crippen LogP) is 3.88. The second-order valence-electron chi connectivity index (χ2n) is 6.52. The number of piperazine rings is 1. The van der Waals surface area contributed by atoms with Crippen molar-refractivity contribution in [1.29, 1.82) is 0 Å². The number of hydrogen-bond acceptors (Lipinski definition) is 3. The first-order valence-corrected chi connectivity index (χ1v) is 9.56. The van der Waals surface area contributed by atoms with Crippen LogP contribution in [0.5, 0.6) is 5.75 Å². The van der Waals surface area contributed by atoms with Crippen LogP contribution in [0.25, 0.3) is 11.1 Å². The zero-order valence-electron chi connectivity index (χ0n) is 16.0. The van der Waals surface area contributed by atoms with E-state index >= 15 is 0 Å². The summed E-state index contributed by atoms with van der Waals surface area (Å²) in [6.45, 7) is 3.78. The average molecular weight is 399 g/mol. The number of benzene rings is 2. The molecule has 5 nitrogen and oxygen atoms in total. The molecular formula is C22H23ClN2O3. The molecule has 2 aromatic rings. The van der Waals surface area contributed by atoms with Gasteiger partial charge in [-0.25, -0.2) is 0 Å². The van der Waals surface area contributed by atoms with Gasteiger partial charge in [0.25, 0.3) is 5.91 Å². The Balaban J connectivity index is 1.81. The Morgan fingerprint density at radius 3 is 2.29 bits per heavy atom. The Bertz CT molecular complexity index is 888. The zero-order chi connectivity index (χ0) is 20.1. The topological polar surface area (TPSA) is 49.9 Å². The Morgan fingerprint density at radius 1 is 1.04 bits per heavy atom. The van der Waals surface area contributed by atoms with Crippen LogP contribution in [0.2, 0.25) is 5.02 Å². The van der Waals surface area contributed by atoms with E-state index < -0.39 is 0 Å². The molecule has 28 heavy (non-hydrogen) atoms. The summed E-state index contributed by atoms with van der Waals surface area (Å²) >= 11 is 6.49. The first-order chi connectivity index (χ1) is 13.5. The van der Waals surface area contributed by atoms with Gasteiger partial charge in [0.15, 0.2) is 0 Å². The molecule has 6 heteroatoms. The zero-order valence-corrected chi connectivity index (χ0v) is 16.8. The third-order valence-corrected chi connectivity index (χ3v) is 5.10. The number of halogens is 1. The molecule has 0 unspecified atom stereocenters. The van der Waals surface area contributed by atoms with E-state index in [1.54, 1.807) is 41.2 Å². The normalized spacial score (nSPS) is 14.4. The van der Waals surface area contributed by atoms with Crippen molar-refractivity contribution >= 4 is 23.4 Å². The Labute approximate surface area is 170 Å². The fourth-order valence-corrected chi connectivity index (χ4v) is 3.55. The molecule has 0 atom stereocenters. The third kappa shape index (κ3) is 4.20. The standard InChI is InChI=1S/C22H23ClN2O3/c1-3-7-21(26)24-10-12-25(13-11-24)22(27)18-14-19(23)17(15-20(18)28-2)16-8-5-4-6-9-16/h3-9,14-15H,10-13H2,1-2H3/b7-3+. The maximum atomic E-state index is 13.1. The molecule has 1 saturated heterocycles. The van der Waals surface area contributed by atoms with Gasteiger partial charge < -0.3 is 14.5 Å². The number of allylic oxidation sites excluding steroid dienone is 1. The summed E-state index contributed by atoms with van der Waals surface area (Å²) in [6, 6.07) is 13.2. The minimum atomic E-state index is -0.142. The number of ether oxygens (including phenoxy) is 1. The number of nitrogens with zero attached hydrogens (tertiary/aromatic N) is 2. The van der Waals surface area contributed by atoms with Crippen molar-refractivity contribution in [2.45, 2.75) is 6.92 Å². The number of methoxy groups -OCH3 is 1. The van der Waals surface area contributed by atoms with Crippen molar-refractivity contribution in [2.75, 3.05) is 33.3 Å². The minimum absolute atomic E-state index is 0.0255. The summed E-state index contributed by atoms with van der Waals surface area (Å²) in [5.74, 6) is 0.319. The monoisotopic (exact) mass is 398 g/mol. The van der Waals surface area contributed by atoms with E-state index in [1.807, 2.05) is 37.3 Å². The van der Waals surface area contributed by atoms with Gasteiger partial charge in [-0.2, -0.15) is 0 Å². The Hall–Kier alpha value is -2.79. The lowest BCUT2D eigenvalue weighted by molar-refractivity contribution is -0.127. The van der Waals surface area contributed by atoms with E-state index in [0.29, 0.717) is 42.5 Å². The molecule has 0 bridgehead atoms. The van der Waals surface area contributed by atoms with Gasteiger partial charge in [0.2, 0.25) is 5.91 Å². The van der Waals surface area contributed by atoms with Gasteiger partial charge >= 0.3 is 0 Å². The maximum Gasteiger partial charge on any atom is 0.257 e. The number of rotatable bonds is 4. The summed E-state index contributed by atoms with van der Waals surface area (Å²) in [5, 5.41) is 0.497. The molecule has 0 N–H and O–H groups in total. The van der Waals surface area contributed by atoms with Crippen molar-refractivity contribution in [3.05, 3.63) is 65.2 Å². The van der Waals surface area contributed by atoms with Gasteiger partial charge in [0, 0.05) is 36.8 Å². The summed E-state index contributed by atoms with van der Waals surface area (Å²) in [6.07, 6.45) is 3.27. The van der Waals surface area contributed by atoms with E-state index in [0.717, 1.165) is 11.1 Å². The summed E-state index contributed by atoms with van der Waals surface area (Å²) in [4.78, 5) is 28.5. The van der Waals surface area contributed by atoms with Crippen LogP contribution in [0.4, 0.5) is 0 Å². The van der Waals surface area contributed by atoms with E-state index in [1.165, 1.54) is 0 Å². The third-order valence-electron chi connectivity index (χ3n) is 4.79. The highest BCUT2D eigenvalue weighted by atomic mass is 35.5. The Kier molecular flexibility index (Phi) is 6.37. The van der Waals surface area contributed by atoms with Gasteiger partial charge in [0.1, 0.15) is 5.75 Å². The average Bonchev–Trinajstić information content (AvgIpc) is 2.74. The molecule has 0 aliphatic carbocycles. The van der Waals surface area contributed by atoms with Gasteiger partial charge in [-0.15, -0.1) is 0 Å². The quantitative estimate of drug-likeness (QED) is 0.734. The lowest BCUT2D eigenvalue weighted by atomic mass is 10.0. The smallest absolute Gasteiger partial charge is 0.257 e. The van der Waals surface area contributed by atoms with Crippen molar-refractivity contribution in [2.24, 2.45) is 0 Å². The van der Waals surface area contributed by atoms with Gasteiger partial charge in [-0.3, -0.25) is 9.59 Å². The first-order valence-electron chi connectivity index (χ1n) is 9.19. The summed E-state index contributed by atoms with van der Waals surface area (Å²) < 4.78 is 5.49. The molecule has 0 radical (unpaired) electrons.